The maximum absolute atomic E-state index is 3.47. The zero-order chi connectivity index (χ0) is 10.9. The molecule has 0 saturated carbocycles. The molecular weight excluding hydrogens is 272 g/mol. The van der Waals surface area contributed by atoms with Crippen LogP contribution in [0.3, 0.4) is 0 Å². The molecule has 86 valence electrons. The molecule has 1 heterocycles. The van der Waals surface area contributed by atoms with Crippen molar-refractivity contribution in [2.45, 2.75) is 19.3 Å². The Morgan fingerprint density at radius 3 is 2.67 bits per heavy atom. The number of nitrogens with one attached hydrogen (secondary N) is 2. The standard InChI is InChI=1S/C11H19BrN2S/c1-13-7-2-3-8-14-9-6-10-4-5-11(12)15-10/h4-5,13-14H,2-3,6-9H2,1H3. The Kier molecular flexibility index (Phi) is 7.26. The van der Waals surface area contributed by atoms with Crippen LogP contribution in [0.15, 0.2) is 15.9 Å². The van der Waals surface area contributed by atoms with Gasteiger partial charge in [-0.2, -0.15) is 0 Å². The minimum atomic E-state index is 1.09. The fourth-order valence-corrected chi connectivity index (χ4v) is 2.86. The zero-order valence-electron chi connectivity index (χ0n) is 9.18. The van der Waals surface area contributed by atoms with E-state index in [1.165, 1.54) is 21.5 Å². The van der Waals surface area contributed by atoms with Gasteiger partial charge in [-0.15, -0.1) is 11.3 Å². The van der Waals surface area contributed by atoms with Gasteiger partial charge in [0, 0.05) is 4.88 Å². The topological polar surface area (TPSA) is 24.1 Å². The SMILES string of the molecule is CNCCCCNCCc1ccc(Br)s1. The summed E-state index contributed by atoms with van der Waals surface area (Å²) in [6.45, 7) is 3.35. The molecule has 1 rings (SSSR count). The molecule has 0 aliphatic carbocycles. The van der Waals surface area contributed by atoms with Crippen LogP contribution in [0.25, 0.3) is 0 Å². The Hall–Kier alpha value is 0.1000. The predicted octanol–water partition coefficient (Wildman–Crippen LogP) is 2.64. The van der Waals surface area contributed by atoms with Crippen LogP contribution in [0.1, 0.15) is 17.7 Å². The molecule has 0 bridgehead atoms. The van der Waals surface area contributed by atoms with Crippen molar-refractivity contribution in [1.29, 1.82) is 0 Å². The van der Waals surface area contributed by atoms with E-state index in [-0.39, 0.29) is 0 Å². The fraction of sp³-hybridized carbons (Fsp3) is 0.636. The van der Waals surface area contributed by atoms with Crippen LogP contribution >= 0.6 is 27.3 Å². The lowest BCUT2D eigenvalue weighted by Gasteiger charge is -2.03. The molecule has 0 amide bonds. The quantitative estimate of drug-likeness (QED) is 0.720. The van der Waals surface area contributed by atoms with E-state index in [1.807, 2.05) is 18.4 Å². The van der Waals surface area contributed by atoms with Gasteiger partial charge >= 0.3 is 0 Å². The average Bonchev–Trinajstić information content (AvgIpc) is 2.63. The molecule has 1 aromatic heterocycles. The molecule has 2 nitrogen and oxygen atoms in total. The van der Waals surface area contributed by atoms with Gasteiger partial charge in [-0.25, -0.2) is 0 Å². The van der Waals surface area contributed by atoms with Crippen molar-refractivity contribution in [3.63, 3.8) is 0 Å². The van der Waals surface area contributed by atoms with Crippen molar-refractivity contribution >= 4 is 27.3 Å². The molecule has 2 N–H and O–H groups in total. The Bertz CT molecular complexity index is 263. The first kappa shape index (κ1) is 13.2. The highest BCUT2D eigenvalue weighted by atomic mass is 79.9. The zero-order valence-corrected chi connectivity index (χ0v) is 11.6. The summed E-state index contributed by atoms with van der Waals surface area (Å²) in [5.41, 5.74) is 0. The summed E-state index contributed by atoms with van der Waals surface area (Å²) < 4.78 is 1.23. The Balaban J connectivity index is 1.93. The first-order valence-electron chi connectivity index (χ1n) is 5.42. The highest BCUT2D eigenvalue weighted by molar-refractivity contribution is 9.11. The minimum absolute atomic E-state index is 1.09. The van der Waals surface area contributed by atoms with E-state index in [1.54, 1.807) is 0 Å². The number of hydrogen-bond acceptors (Lipinski definition) is 3. The van der Waals surface area contributed by atoms with Crippen molar-refractivity contribution in [3.05, 3.63) is 20.8 Å². The Labute approximate surface area is 105 Å². The van der Waals surface area contributed by atoms with E-state index in [0.717, 1.165) is 26.1 Å². The van der Waals surface area contributed by atoms with Gasteiger partial charge in [0.1, 0.15) is 0 Å². The monoisotopic (exact) mass is 290 g/mol. The highest BCUT2D eigenvalue weighted by Gasteiger charge is 1.96. The van der Waals surface area contributed by atoms with E-state index < -0.39 is 0 Å². The highest BCUT2D eigenvalue weighted by Crippen LogP contribution is 2.21. The Morgan fingerprint density at radius 2 is 2.00 bits per heavy atom. The third kappa shape index (κ3) is 6.30. The van der Waals surface area contributed by atoms with Crippen molar-refractivity contribution < 1.29 is 0 Å². The molecule has 1 aromatic rings. The maximum atomic E-state index is 3.47. The molecule has 4 heteroatoms. The summed E-state index contributed by atoms with van der Waals surface area (Å²) in [4.78, 5) is 1.45. The second-order valence-electron chi connectivity index (χ2n) is 3.52. The molecule has 0 spiro atoms. The second kappa shape index (κ2) is 8.28. The molecule has 0 unspecified atom stereocenters. The van der Waals surface area contributed by atoms with Gasteiger partial charge < -0.3 is 10.6 Å². The van der Waals surface area contributed by atoms with Gasteiger partial charge in [0.15, 0.2) is 0 Å². The van der Waals surface area contributed by atoms with Crippen molar-refractivity contribution in [2.75, 3.05) is 26.7 Å². The lowest BCUT2D eigenvalue weighted by Crippen LogP contribution is -2.19. The minimum Gasteiger partial charge on any atom is -0.320 e. The largest absolute Gasteiger partial charge is 0.320 e. The summed E-state index contributed by atoms with van der Waals surface area (Å²) in [6.07, 6.45) is 3.66. The predicted molar refractivity (Wildman–Crippen MR) is 71.8 cm³/mol. The average molecular weight is 291 g/mol. The molecule has 0 fully saturated rings. The first-order chi connectivity index (χ1) is 7.33. The van der Waals surface area contributed by atoms with Crippen molar-refractivity contribution in [1.82, 2.24) is 10.6 Å². The van der Waals surface area contributed by atoms with E-state index in [4.69, 9.17) is 0 Å². The van der Waals surface area contributed by atoms with Crippen LogP contribution in [0.2, 0.25) is 0 Å². The summed E-state index contributed by atoms with van der Waals surface area (Å²) >= 11 is 5.30. The molecule has 0 saturated heterocycles. The summed E-state index contributed by atoms with van der Waals surface area (Å²) in [5.74, 6) is 0. The van der Waals surface area contributed by atoms with Crippen LogP contribution in [0.5, 0.6) is 0 Å². The summed E-state index contributed by atoms with van der Waals surface area (Å²) in [7, 11) is 2.00. The van der Waals surface area contributed by atoms with Crippen LogP contribution in [0.4, 0.5) is 0 Å². The van der Waals surface area contributed by atoms with Crippen LogP contribution in [0, 0.1) is 0 Å². The summed E-state index contributed by atoms with van der Waals surface area (Å²) in [6, 6.07) is 4.31. The number of hydrogen-bond donors (Lipinski definition) is 2. The molecule has 0 aliphatic heterocycles. The van der Waals surface area contributed by atoms with Gasteiger partial charge in [0.05, 0.1) is 3.79 Å². The third-order valence-electron chi connectivity index (χ3n) is 2.21. The molecule has 0 atom stereocenters. The van der Waals surface area contributed by atoms with Crippen LogP contribution < -0.4 is 10.6 Å². The molecule has 15 heavy (non-hydrogen) atoms. The number of unbranched alkanes of at least 4 members (excludes halogenated alkanes) is 1. The van der Waals surface area contributed by atoms with Gasteiger partial charge in [-0.1, -0.05) is 0 Å². The number of thiophene rings is 1. The van der Waals surface area contributed by atoms with Gasteiger partial charge in [-0.05, 0) is 74.0 Å². The molecule has 0 aliphatic rings. The lowest BCUT2D eigenvalue weighted by atomic mass is 10.3. The maximum Gasteiger partial charge on any atom is 0.0701 e. The van der Waals surface area contributed by atoms with Gasteiger partial charge in [0.2, 0.25) is 0 Å². The first-order valence-corrected chi connectivity index (χ1v) is 7.03. The van der Waals surface area contributed by atoms with E-state index in [2.05, 4.69) is 38.7 Å². The second-order valence-corrected chi connectivity index (χ2v) is 6.06. The normalized spacial score (nSPS) is 10.8. The Morgan fingerprint density at radius 1 is 1.20 bits per heavy atom. The van der Waals surface area contributed by atoms with Gasteiger partial charge in [0.25, 0.3) is 0 Å². The van der Waals surface area contributed by atoms with E-state index in [9.17, 15) is 0 Å². The number of halogens is 1. The fourth-order valence-electron chi connectivity index (χ4n) is 1.37. The third-order valence-corrected chi connectivity index (χ3v) is 3.89. The summed E-state index contributed by atoms with van der Waals surface area (Å²) in [5, 5.41) is 6.62. The molecule has 0 radical (unpaired) electrons. The van der Waals surface area contributed by atoms with Crippen molar-refractivity contribution in [2.24, 2.45) is 0 Å². The lowest BCUT2D eigenvalue weighted by molar-refractivity contribution is 0.607. The number of rotatable bonds is 8. The van der Waals surface area contributed by atoms with E-state index >= 15 is 0 Å². The smallest absolute Gasteiger partial charge is 0.0701 e. The van der Waals surface area contributed by atoms with Crippen LogP contribution in [-0.4, -0.2) is 26.7 Å². The molecule has 0 aromatic carbocycles. The van der Waals surface area contributed by atoms with Crippen LogP contribution in [-0.2, 0) is 6.42 Å². The van der Waals surface area contributed by atoms with Gasteiger partial charge in [-0.3, -0.25) is 0 Å². The van der Waals surface area contributed by atoms with E-state index in [0.29, 0.717) is 0 Å². The van der Waals surface area contributed by atoms with Crippen molar-refractivity contribution in [3.8, 4) is 0 Å². The molecular formula is C11H19BrN2S.